The minimum Gasteiger partial charge on any atom is -0.406 e. The summed E-state index contributed by atoms with van der Waals surface area (Å²) in [7, 11) is -3.39. The Kier molecular flexibility index (Phi) is 6.20. The number of aromatic amines is 1. The van der Waals surface area contributed by atoms with Crippen molar-refractivity contribution >= 4 is 10.0 Å². The second-order valence-electron chi connectivity index (χ2n) is 8.54. The molecule has 30 heavy (non-hydrogen) atoms. The number of alkyl halides is 3. The SMILES string of the molecule is CC(C)(C)S(=O)(=O)NC1CCC(c2ncc(-c3cccc(OC(F)(F)F)c3)[nH]2)CC1. The molecule has 10 heteroatoms. The second-order valence-corrected chi connectivity index (χ2v) is 11.0. The molecule has 1 aromatic carbocycles. The number of nitrogens with zero attached hydrogens (tertiary/aromatic N) is 1. The lowest BCUT2D eigenvalue weighted by molar-refractivity contribution is -0.274. The van der Waals surface area contributed by atoms with Gasteiger partial charge in [-0.3, -0.25) is 0 Å². The van der Waals surface area contributed by atoms with Gasteiger partial charge in [0.2, 0.25) is 10.0 Å². The number of hydrogen-bond donors (Lipinski definition) is 2. The van der Waals surface area contributed by atoms with Crippen LogP contribution in [0.3, 0.4) is 0 Å². The summed E-state index contributed by atoms with van der Waals surface area (Å²) in [6.07, 6.45) is -0.222. The summed E-state index contributed by atoms with van der Waals surface area (Å²) >= 11 is 0. The molecular weight excluding hydrogens is 419 g/mol. The van der Waals surface area contributed by atoms with Crippen molar-refractivity contribution in [3.63, 3.8) is 0 Å². The van der Waals surface area contributed by atoms with Crippen LogP contribution in [-0.4, -0.2) is 35.5 Å². The van der Waals surface area contributed by atoms with E-state index in [9.17, 15) is 21.6 Å². The summed E-state index contributed by atoms with van der Waals surface area (Å²) < 4.78 is 67.9. The summed E-state index contributed by atoms with van der Waals surface area (Å²) in [4.78, 5) is 7.59. The van der Waals surface area contributed by atoms with Gasteiger partial charge < -0.3 is 9.72 Å². The molecule has 2 N–H and O–H groups in total. The van der Waals surface area contributed by atoms with E-state index in [2.05, 4.69) is 19.4 Å². The Balaban J connectivity index is 1.64. The summed E-state index contributed by atoms with van der Waals surface area (Å²) in [5.41, 5.74) is 1.15. The number of aromatic nitrogens is 2. The minimum absolute atomic E-state index is 0.101. The zero-order valence-electron chi connectivity index (χ0n) is 17.1. The molecule has 0 spiro atoms. The smallest absolute Gasteiger partial charge is 0.406 e. The number of H-pyrrole nitrogens is 1. The molecule has 1 aromatic heterocycles. The van der Waals surface area contributed by atoms with Crippen LogP contribution in [-0.2, 0) is 10.0 Å². The number of halogens is 3. The molecule has 166 valence electrons. The first-order valence-electron chi connectivity index (χ1n) is 9.77. The van der Waals surface area contributed by atoms with Gasteiger partial charge in [-0.15, -0.1) is 13.2 Å². The molecule has 0 amide bonds. The first kappa shape index (κ1) is 22.6. The minimum atomic E-state index is -4.75. The lowest BCUT2D eigenvalue weighted by Crippen LogP contribution is -2.45. The Morgan fingerprint density at radius 2 is 1.80 bits per heavy atom. The molecule has 0 saturated heterocycles. The Bertz CT molecular complexity index is 973. The van der Waals surface area contributed by atoms with E-state index in [1.54, 1.807) is 33.0 Å². The normalized spacial score (nSPS) is 20.9. The van der Waals surface area contributed by atoms with Crippen molar-refractivity contribution in [1.29, 1.82) is 0 Å². The quantitative estimate of drug-likeness (QED) is 0.698. The highest BCUT2D eigenvalue weighted by atomic mass is 32.2. The Morgan fingerprint density at radius 3 is 2.40 bits per heavy atom. The molecule has 2 aromatic rings. The molecule has 6 nitrogen and oxygen atoms in total. The van der Waals surface area contributed by atoms with E-state index in [1.807, 2.05) is 0 Å². The van der Waals surface area contributed by atoms with Crippen LogP contribution in [0.5, 0.6) is 5.75 Å². The standard InChI is InChI=1S/C20H26F3N3O3S/c1-19(2,3)30(27,28)26-15-9-7-13(8-10-15)18-24-12-17(25-18)14-5-4-6-16(11-14)29-20(21,22)23/h4-6,11-13,15,26H,7-10H2,1-3H3,(H,24,25). The molecular formula is C20H26F3N3O3S. The fourth-order valence-corrected chi connectivity index (χ4v) is 4.46. The predicted molar refractivity (Wildman–Crippen MR) is 108 cm³/mol. The van der Waals surface area contributed by atoms with E-state index in [-0.39, 0.29) is 17.7 Å². The Hall–Kier alpha value is -2.07. The predicted octanol–water partition coefficient (Wildman–Crippen LogP) is 4.72. The van der Waals surface area contributed by atoms with Gasteiger partial charge in [-0.05, 0) is 58.6 Å². The molecule has 0 unspecified atom stereocenters. The Morgan fingerprint density at radius 1 is 1.13 bits per heavy atom. The van der Waals surface area contributed by atoms with Crippen LogP contribution in [0.2, 0.25) is 0 Å². The van der Waals surface area contributed by atoms with Crippen LogP contribution >= 0.6 is 0 Å². The molecule has 1 heterocycles. The van der Waals surface area contributed by atoms with Crippen LogP contribution in [0.4, 0.5) is 13.2 Å². The zero-order valence-corrected chi connectivity index (χ0v) is 17.9. The van der Waals surface area contributed by atoms with Gasteiger partial charge in [0.05, 0.1) is 16.6 Å². The van der Waals surface area contributed by atoms with Crippen LogP contribution in [0.15, 0.2) is 30.5 Å². The van der Waals surface area contributed by atoms with Gasteiger partial charge in [0.15, 0.2) is 0 Å². The van der Waals surface area contributed by atoms with E-state index in [1.165, 1.54) is 18.2 Å². The molecule has 3 rings (SSSR count). The zero-order chi connectivity index (χ0) is 22.2. The van der Waals surface area contributed by atoms with Gasteiger partial charge in [-0.25, -0.2) is 18.1 Å². The topological polar surface area (TPSA) is 84.1 Å². The molecule has 1 saturated carbocycles. The third kappa shape index (κ3) is 5.54. The number of ether oxygens (including phenoxy) is 1. The summed E-state index contributed by atoms with van der Waals surface area (Å²) in [5, 5.41) is 0. The van der Waals surface area contributed by atoms with Gasteiger partial charge in [0, 0.05) is 17.5 Å². The van der Waals surface area contributed by atoms with E-state index >= 15 is 0 Å². The molecule has 0 atom stereocenters. The van der Waals surface area contributed by atoms with Gasteiger partial charge in [0.25, 0.3) is 0 Å². The third-order valence-corrected chi connectivity index (χ3v) is 7.47. The van der Waals surface area contributed by atoms with E-state index < -0.39 is 21.1 Å². The third-order valence-electron chi connectivity index (χ3n) is 5.22. The first-order chi connectivity index (χ1) is 13.8. The van der Waals surface area contributed by atoms with Crippen molar-refractivity contribution in [2.45, 2.75) is 69.5 Å². The molecule has 1 fully saturated rings. The maximum atomic E-state index is 12.4. The van der Waals surface area contributed by atoms with Crippen molar-refractivity contribution in [1.82, 2.24) is 14.7 Å². The molecule has 0 aliphatic heterocycles. The average Bonchev–Trinajstić information content (AvgIpc) is 3.10. The highest BCUT2D eigenvalue weighted by Crippen LogP contribution is 2.34. The van der Waals surface area contributed by atoms with Crippen molar-refractivity contribution in [2.75, 3.05) is 0 Å². The fourth-order valence-electron chi connectivity index (χ4n) is 3.43. The lowest BCUT2D eigenvalue weighted by Gasteiger charge is -2.30. The van der Waals surface area contributed by atoms with Crippen molar-refractivity contribution in [3.05, 3.63) is 36.3 Å². The van der Waals surface area contributed by atoms with Crippen LogP contribution in [0, 0.1) is 0 Å². The molecule has 0 radical (unpaired) electrons. The number of rotatable bonds is 5. The monoisotopic (exact) mass is 445 g/mol. The number of imidazole rings is 1. The number of benzene rings is 1. The molecule has 0 bridgehead atoms. The van der Waals surface area contributed by atoms with Crippen LogP contribution in [0.25, 0.3) is 11.3 Å². The largest absolute Gasteiger partial charge is 0.573 e. The molecule has 1 aliphatic carbocycles. The Labute approximate surface area is 174 Å². The number of sulfonamides is 1. The summed E-state index contributed by atoms with van der Waals surface area (Å²) in [6, 6.07) is 5.62. The van der Waals surface area contributed by atoms with Crippen LogP contribution < -0.4 is 9.46 Å². The number of hydrogen-bond acceptors (Lipinski definition) is 4. The average molecular weight is 446 g/mol. The van der Waals surface area contributed by atoms with E-state index in [4.69, 9.17) is 0 Å². The lowest BCUT2D eigenvalue weighted by atomic mass is 9.86. The highest BCUT2D eigenvalue weighted by molar-refractivity contribution is 7.90. The maximum Gasteiger partial charge on any atom is 0.573 e. The van der Waals surface area contributed by atoms with E-state index in [0.29, 0.717) is 24.1 Å². The fraction of sp³-hybridized carbons (Fsp3) is 0.550. The van der Waals surface area contributed by atoms with Crippen LogP contribution in [0.1, 0.15) is 58.2 Å². The first-order valence-corrected chi connectivity index (χ1v) is 11.3. The van der Waals surface area contributed by atoms with E-state index in [0.717, 1.165) is 18.7 Å². The van der Waals surface area contributed by atoms with Gasteiger partial charge in [-0.2, -0.15) is 0 Å². The molecule has 1 aliphatic rings. The van der Waals surface area contributed by atoms with Gasteiger partial charge >= 0.3 is 6.36 Å². The summed E-state index contributed by atoms with van der Waals surface area (Å²) in [5.74, 6) is 0.607. The van der Waals surface area contributed by atoms with Crippen molar-refractivity contribution in [2.24, 2.45) is 0 Å². The van der Waals surface area contributed by atoms with Gasteiger partial charge in [0.1, 0.15) is 11.6 Å². The van der Waals surface area contributed by atoms with Crippen molar-refractivity contribution < 1.29 is 26.3 Å². The van der Waals surface area contributed by atoms with Crippen molar-refractivity contribution in [3.8, 4) is 17.0 Å². The number of nitrogens with one attached hydrogen (secondary N) is 2. The maximum absolute atomic E-state index is 12.4. The summed E-state index contributed by atoms with van der Waals surface area (Å²) in [6.45, 7) is 5.00. The second kappa shape index (κ2) is 8.22. The van der Waals surface area contributed by atoms with Gasteiger partial charge in [-0.1, -0.05) is 12.1 Å². The highest BCUT2D eigenvalue weighted by Gasteiger charge is 2.34.